The molecule has 3 heterocycles. The highest BCUT2D eigenvalue weighted by Crippen LogP contribution is 2.56. The molecule has 0 unspecified atom stereocenters. The van der Waals surface area contributed by atoms with Crippen molar-refractivity contribution in [3.8, 4) is 22.5 Å². The number of nitrogens with two attached hydrogens (primary N) is 1. The van der Waals surface area contributed by atoms with Crippen LogP contribution in [0.5, 0.6) is 0 Å². The summed E-state index contributed by atoms with van der Waals surface area (Å²) >= 11 is 0. The summed E-state index contributed by atoms with van der Waals surface area (Å²) in [5.41, 5.74) is 9.02. The molecule has 2 aliphatic rings. The molecule has 8 nitrogen and oxygen atoms in total. The van der Waals surface area contributed by atoms with E-state index >= 15 is 0 Å². The number of pyridine rings is 1. The van der Waals surface area contributed by atoms with E-state index in [0.29, 0.717) is 24.4 Å². The minimum absolute atomic E-state index is 0.0658. The molecule has 4 aromatic rings. The van der Waals surface area contributed by atoms with Gasteiger partial charge in [0.15, 0.2) is 8.32 Å². The molecule has 2 aromatic carbocycles. The normalized spacial score (nSPS) is 22.3. The quantitative estimate of drug-likeness (QED) is 0.268. The largest absolute Gasteiger partial charge is 0.411 e. The highest BCUT2D eigenvalue weighted by molar-refractivity contribution is 6.74. The maximum atomic E-state index is 13.0. The van der Waals surface area contributed by atoms with Gasteiger partial charge in [-0.3, -0.25) is 9.59 Å². The van der Waals surface area contributed by atoms with Crippen molar-refractivity contribution < 1.29 is 14.0 Å². The molecule has 1 fully saturated rings. The Morgan fingerprint density at radius 1 is 1.05 bits per heavy atom. The SMILES string of the molecule is CC1(O[Si](C)(C)C(C)(C)C)CC2(CC(=O)Nc3c(C(N)=O)c(-c4ccc5ccc(-c6ccccc6)nc5c4)nn32)C1. The molecule has 41 heavy (non-hydrogen) atoms. The van der Waals surface area contributed by atoms with Crippen LogP contribution in [0.2, 0.25) is 18.1 Å². The summed E-state index contributed by atoms with van der Waals surface area (Å²) < 4.78 is 8.67. The van der Waals surface area contributed by atoms with Crippen LogP contribution in [0.3, 0.4) is 0 Å². The number of carbonyl (C=O) groups is 2. The molecular formula is C32H37N5O3Si. The van der Waals surface area contributed by atoms with Crippen molar-refractivity contribution in [3.63, 3.8) is 0 Å². The van der Waals surface area contributed by atoms with Gasteiger partial charge in [-0.25, -0.2) is 9.67 Å². The zero-order chi connectivity index (χ0) is 29.4. The molecule has 1 spiro atoms. The van der Waals surface area contributed by atoms with Crippen molar-refractivity contribution >= 4 is 36.9 Å². The maximum Gasteiger partial charge on any atom is 0.254 e. The predicted molar refractivity (Wildman–Crippen MR) is 164 cm³/mol. The lowest BCUT2D eigenvalue weighted by atomic mass is 9.63. The van der Waals surface area contributed by atoms with E-state index in [2.05, 4.69) is 46.1 Å². The van der Waals surface area contributed by atoms with Gasteiger partial charge in [-0.05, 0) is 37.2 Å². The molecule has 0 atom stereocenters. The molecule has 2 aromatic heterocycles. The minimum Gasteiger partial charge on any atom is -0.411 e. The van der Waals surface area contributed by atoms with E-state index in [0.717, 1.165) is 27.7 Å². The number of hydrogen-bond donors (Lipinski definition) is 2. The fourth-order valence-corrected chi connectivity index (χ4v) is 8.04. The Morgan fingerprint density at radius 3 is 2.39 bits per heavy atom. The Kier molecular flexibility index (Phi) is 6.06. The number of nitrogens with zero attached hydrogens (tertiary/aromatic N) is 3. The summed E-state index contributed by atoms with van der Waals surface area (Å²) in [5.74, 6) is -0.415. The number of carbonyl (C=O) groups excluding carboxylic acids is 2. The van der Waals surface area contributed by atoms with E-state index in [1.54, 1.807) is 0 Å². The first-order valence-corrected chi connectivity index (χ1v) is 17.0. The Labute approximate surface area is 241 Å². The van der Waals surface area contributed by atoms with Gasteiger partial charge in [0.2, 0.25) is 5.91 Å². The highest BCUT2D eigenvalue weighted by atomic mass is 28.4. The Bertz CT molecular complexity index is 1700. The second-order valence-corrected chi connectivity index (χ2v) is 18.2. The lowest BCUT2D eigenvalue weighted by Crippen LogP contribution is -2.64. The van der Waals surface area contributed by atoms with Gasteiger partial charge in [0.25, 0.3) is 5.91 Å². The molecule has 0 radical (unpaired) electrons. The topological polar surface area (TPSA) is 112 Å². The number of nitrogens with one attached hydrogen (secondary N) is 1. The number of rotatable bonds is 5. The van der Waals surface area contributed by atoms with Crippen molar-refractivity contribution in [2.24, 2.45) is 5.73 Å². The van der Waals surface area contributed by atoms with Crippen LogP contribution in [-0.2, 0) is 14.8 Å². The van der Waals surface area contributed by atoms with Crippen LogP contribution in [0.1, 0.15) is 57.3 Å². The van der Waals surface area contributed by atoms with Crippen molar-refractivity contribution in [2.75, 3.05) is 5.32 Å². The average Bonchev–Trinajstić information content (AvgIpc) is 3.27. The third-order valence-electron chi connectivity index (χ3n) is 9.08. The molecule has 0 bridgehead atoms. The molecule has 2 amide bonds. The first-order chi connectivity index (χ1) is 19.2. The van der Waals surface area contributed by atoms with Crippen molar-refractivity contribution in [3.05, 3.63) is 66.2 Å². The van der Waals surface area contributed by atoms with Crippen LogP contribution < -0.4 is 11.1 Å². The zero-order valence-electron chi connectivity index (χ0n) is 24.5. The van der Waals surface area contributed by atoms with Crippen LogP contribution in [0.15, 0.2) is 60.7 Å². The van der Waals surface area contributed by atoms with Gasteiger partial charge in [-0.1, -0.05) is 69.3 Å². The molecule has 1 aliphatic heterocycles. The summed E-state index contributed by atoms with van der Waals surface area (Å²) in [6, 6.07) is 19.9. The van der Waals surface area contributed by atoms with E-state index in [9.17, 15) is 9.59 Å². The number of hydrogen-bond acceptors (Lipinski definition) is 5. The number of benzene rings is 2. The third kappa shape index (κ3) is 4.57. The lowest BCUT2D eigenvalue weighted by molar-refractivity contribution is -0.133. The van der Waals surface area contributed by atoms with Gasteiger partial charge in [0.1, 0.15) is 17.1 Å². The summed E-state index contributed by atoms with van der Waals surface area (Å²) in [4.78, 5) is 30.8. The van der Waals surface area contributed by atoms with Gasteiger partial charge in [-0.15, -0.1) is 0 Å². The summed E-state index contributed by atoms with van der Waals surface area (Å²) in [7, 11) is -2.04. The Balaban J connectivity index is 1.41. The van der Waals surface area contributed by atoms with Crippen LogP contribution in [0, 0.1) is 0 Å². The van der Waals surface area contributed by atoms with Gasteiger partial charge < -0.3 is 15.5 Å². The second kappa shape index (κ2) is 9.09. The van der Waals surface area contributed by atoms with Gasteiger partial charge in [0, 0.05) is 29.4 Å². The van der Waals surface area contributed by atoms with Gasteiger partial charge in [0.05, 0.1) is 28.8 Å². The van der Waals surface area contributed by atoms with Crippen LogP contribution in [0.4, 0.5) is 5.82 Å². The molecule has 3 N–H and O–H groups in total. The van der Waals surface area contributed by atoms with Crippen LogP contribution >= 0.6 is 0 Å². The fraction of sp³-hybridized carbons (Fsp3) is 0.375. The van der Waals surface area contributed by atoms with Crippen LogP contribution in [0.25, 0.3) is 33.4 Å². The second-order valence-electron chi connectivity index (χ2n) is 13.4. The monoisotopic (exact) mass is 567 g/mol. The van der Waals surface area contributed by atoms with Crippen molar-refractivity contribution in [1.29, 1.82) is 0 Å². The van der Waals surface area contributed by atoms with E-state index in [1.165, 1.54) is 0 Å². The first-order valence-electron chi connectivity index (χ1n) is 14.1. The zero-order valence-corrected chi connectivity index (χ0v) is 25.5. The van der Waals surface area contributed by atoms with Gasteiger partial charge >= 0.3 is 0 Å². The first kappa shape index (κ1) is 27.4. The van der Waals surface area contributed by atoms with Crippen molar-refractivity contribution in [2.45, 2.75) is 76.2 Å². The number of anilines is 1. The maximum absolute atomic E-state index is 13.0. The molecule has 1 saturated carbocycles. The minimum atomic E-state index is -2.04. The van der Waals surface area contributed by atoms with E-state index < -0.39 is 19.8 Å². The third-order valence-corrected chi connectivity index (χ3v) is 13.7. The summed E-state index contributed by atoms with van der Waals surface area (Å²) in [6.07, 6.45) is 1.54. The molecule has 6 rings (SSSR count). The molecular weight excluding hydrogens is 530 g/mol. The van der Waals surface area contributed by atoms with E-state index in [1.807, 2.05) is 65.3 Å². The fourth-order valence-electron chi connectivity index (χ4n) is 6.35. The summed E-state index contributed by atoms with van der Waals surface area (Å²) in [6.45, 7) is 13.3. The van der Waals surface area contributed by atoms with E-state index in [-0.39, 0.29) is 28.5 Å². The average molecular weight is 568 g/mol. The Hall–Kier alpha value is -3.82. The van der Waals surface area contributed by atoms with Gasteiger partial charge in [-0.2, -0.15) is 5.10 Å². The van der Waals surface area contributed by atoms with Crippen molar-refractivity contribution in [1.82, 2.24) is 14.8 Å². The predicted octanol–water partition coefficient (Wildman–Crippen LogP) is 6.48. The molecule has 9 heteroatoms. The lowest BCUT2D eigenvalue weighted by Gasteiger charge is -2.58. The smallest absolute Gasteiger partial charge is 0.254 e. The highest BCUT2D eigenvalue weighted by Gasteiger charge is 2.60. The molecule has 1 aliphatic carbocycles. The van der Waals surface area contributed by atoms with Crippen LogP contribution in [-0.4, -0.2) is 40.5 Å². The summed E-state index contributed by atoms with van der Waals surface area (Å²) in [5, 5.41) is 8.92. The number of aromatic nitrogens is 3. The molecule has 212 valence electrons. The van der Waals surface area contributed by atoms with E-state index in [4.69, 9.17) is 20.2 Å². The number of fused-ring (bicyclic) bond motifs is 3. The standard InChI is InChI=1S/C32H37N5O3Si/c1-30(2,3)41(5,6)40-31(4)18-32(19-31)17-25(38)35-29-26(28(33)39)27(36-37(29)32)22-13-12-21-14-15-23(34-24(21)16-22)20-10-8-7-9-11-20/h7-16H,17-19H2,1-6H3,(H2,33,39)(H,35,38). The number of amides is 2. The molecule has 0 saturated heterocycles. The number of primary amides is 1. The Morgan fingerprint density at radius 2 is 1.73 bits per heavy atom.